The number of aromatic nitrogens is 1. The molecule has 0 saturated heterocycles. The van der Waals surface area contributed by atoms with Gasteiger partial charge in [0.15, 0.2) is 11.5 Å². The SMILES string of the molecule is CN(C)C(=O)c1ccc(-c2cc(C(N)=O)no2)cc1O. The van der Waals surface area contributed by atoms with Crippen molar-refractivity contribution in [2.75, 3.05) is 14.1 Å². The summed E-state index contributed by atoms with van der Waals surface area (Å²) < 4.78 is 4.96. The van der Waals surface area contributed by atoms with Crippen molar-refractivity contribution >= 4 is 11.8 Å². The summed E-state index contributed by atoms with van der Waals surface area (Å²) in [6.45, 7) is 0. The van der Waals surface area contributed by atoms with Crippen LogP contribution in [0.1, 0.15) is 20.8 Å². The molecule has 1 heterocycles. The van der Waals surface area contributed by atoms with Gasteiger partial charge in [-0.2, -0.15) is 0 Å². The van der Waals surface area contributed by atoms with Gasteiger partial charge in [0.05, 0.1) is 5.56 Å². The summed E-state index contributed by atoms with van der Waals surface area (Å²) in [5, 5.41) is 13.4. The van der Waals surface area contributed by atoms with Gasteiger partial charge in [-0.05, 0) is 12.1 Å². The molecule has 20 heavy (non-hydrogen) atoms. The predicted molar refractivity (Wildman–Crippen MR) is 70.1 cm³/mol. The lowest BCUT2D eigenvalue weighted by Crippen LogP contribution is -2.21. The number of benzene rings is 1. The highest BCUT2D eigenvalue weighted by molar-refractivity contribution is 5.97. The monoisotopic (exact) mass is 275 g/mol. The van der Waals surface area contributed by atoms with Crippen LogP contribution >= 0.6 is 0 Å². The third kappa shape index (κ3) is 2.46. The number of hydrogen-bond donors (Lipinski definition) is 2. The van der Waals surface area contributed by atoms with Crippen LogP contribution in [0.25, 0.3) is 11.3 Å². The number of aromatic hydroxyl groups is 1. The van der Waals surface area contributed by atoms with E-state index < -0.39 is 5.91 Å². The second kappa shape index (κ2) is 5.04. The van der Waals surface area contributed by atoms with Crippen molar-refractivity contribution in [3.63, 3.8) is 0 Å². The number of primary amides is 1. The molecule has 7 heteroatoms. The van der Waals surface area contributed by atoms with Crippen molar-refractivity contribution in [3.8, 4) is 17.1 Å². The number of amides is 2. The number of carbonyl (C=O) groups excluding carboxylic acids is 2. The van der Waals surface area contributed by atoms with E-state index in [0.29, 0.717) is 5.56 Å². The van der Waals surface area contributed by atoms with Crippen LogP contribution < -0.4 is 5.73 Å². The van der Waals surface area contributed by atoms with Gasteiger partial charge in [0.25, 0.3) is 11.8 Å². The van der Waals surface area contributed by atoms with Gasteiger partial charge in [0.2, 0.25) is 0 Å². The minimum Gasteiger partial charge on any atom is -0.507 e. The molecule has 2 amide bonds. The lowest BCUT2D eigenvalue weighted by atomic mass is 10.1. The van der Waals surface area contributed by atoms with Crippen molar-refractivity contribution in [1.29, 1.82) is 0 Å². The number of carbonyl (C=O) groups is 2. The number of hydrogen-bond acceptors (Lipinski definition) is 5. The highest BCUT2D eigenvalue weighted by Crippen LogP contribution is 2.27. The van der Waals surface area contributed by atoms with Gasteiger partial charge in [-0.3, -0.25) is 9.59 Å². The summed E-state index contributed by atoms with van der Waals surface area (Å²) in [7, 11) is 3.18. The Bertz CT molecular complexity index is 676. The minimum absolute atomic E-state index is 0.00654. The van der Waals surface area contributed by atoms with Gasteiger partial charge in [-0.25, -0.2) is 0 Å². The molecule has 2 aromatic rings. The number of nitrogens with two attached hydrogens (primary N) is 1. The molecule has 2 rings (SSSR count). The zero-order valence-corrected chi connectivity index (χ0v) is 11.0. The quantitative estimate of drug-likeness (QED) is 0.862. The molecule has 0 aliphatic rings. The lowest BCUT2D eigenvalue weighted by molar-refractivity contribution is 0.0824. The van der Waals surface area contributed by atoms with Crippen LogP contribution in [0, 0.1) is 0 Å². The Morgan fingerprint density at radius 3 is 2.50 bits per heavy atom. The van der Waals surface area contributed by atoms with E-state index in [4.69, 9.17) is 10.3 Å². The van der Waals surface area contributed by atoms with E-state index in [9.17, 15) is 14.7 Å². The molecule has 104 valence electrons. The molecule has 0 radical (unpaired) electrons. The molecule has 1 aromatic carbocycles. The van der Waals surface area contributed by atoms with E-state index in [2.05, 4.69) is 5.16 Å². The number of phenols is 1. The molecule has 0 aliphatic carbocycles. The van der Waals surface area contributed by atoms with Crippen LogP contribution in [0.3, 0.4) is 0 Å². The fourth-order valence-electron chi connectivity index (χ4n) is 1.63. The maximum atomic E-state index is 11.8. The predicted octanol–water partition coefficient (Wildman–Crippen LogP) is 0.848. The van der Waals surface area contributed by atoms with Gasteiger partial charge in [0, 0.05) is 25.7 Å². The van der Waals surface area contributed by atoms with E-state index in [-0.39, 0.29) is 28.7 Å². The molecule has 1 aromatic heterocycles. The fraction of sp³-hybridized carbons (Fsp3) is 0.154. The van der Waals surface area contributed by atoms with Crippen LogP contribution in [-0.4, -0.2) is 41.1 Å². The summed E-state index contributed by atoms with van der Waals surface area (Å²) in [5.41, 5.74) is 5.72. The summed E-state index contributed by atoms with van der Waals surface area (Å²) >= 11 is 0. The molecule has 7 nitrogen and oxygen atoms in total. The zero-order valence-electron chi connectivity index (χ0n) is 11.0. The third-order valence-corrected chi connectivity index (χ3v) is 2.68. The average molecular weight is 275 g/mol. The van der Waals surface area contributed by atoms with Gasteiger partial charge in [-0.1, -0.05) is 11.2 Å². The van der Waals surface area contributed by atoms with E-state index in [1.165, 1.54) is 23.1 Å². The van der Waals surface area contributed by atoms with E-state index in [0.717, 1.165) is 0 Å². The van der Waals surface area contributed by atoms with Crippen LogP contribution in [0.2, 0.25) is 0 Å². The first kappa shape index (κ1) is 13.6. The lowest BCUT2D eigenvalue weighted by Gasteiger charge is -2.11. The first-order valence-corrected chi connectivity index (χ1v) is 5.71. The first-order valence-electron chi connectivity index (χ1n) is 5.71. The van der Waals surface area contributed by atoms with Crippen molar-refractivity contribution in [2.24, 2.45) is 5.73 Å². The second-order valence-electron chi connectivity index (χ2n) is 4.37. The van der Waals surface area contributed by atoms with Crippen LogP contribution in [-0.2, 0) is 0 Å². The molecule has 0 bridgehead atoms. The molecule has 0 unspecified atom stereocenters. The molecule has 0 spiro atoms. The van der Waals surface area contributed by atoms with E-state index in [1.807, 2.05) is 0 Å². The van der Waals surface area contributed by atoms with Crippen molar-refractivity contribution in [1.82, 2.24) is 10.1 Å². The molecule has 0 atom stereocenters. The third-order valence-electron chi connectivity index (χ3n) is 2.68. The summed E-state index contributed by atoms with van der Waals surface area (Å²) in [4.78, 5) is 24.1. The Kier molecular flexibility index (Phi) is 3.43. The Balaban J connectivity index is 2.37. The highest BCUT2D eigenvalue weighted by Gasteiger charge is 2.16. The smallest absolute Gasteiger partial charge is 0.270 e. The standard InChI is InChI=1S/C13H13N3O4/c1-16(2)13(19)8-4-3-7(5-10(8)17)11-6-9(12(14)18)15-20-11/h3-6,17H,1-2H3,(H2,14,18). The molecular formula is C13H13N3O4. The van der Waals surface area contributed by atoms with E-state index >= 15 is 0 Å². The average Bonchev–Trinajstić information content (AvgIpc) is 2.87. The molecular weight excluding hydrogens is 262 g/mol. The maximum absolute atomic E-state index is 11.8. The Morgan fingerprint density at radius 2 is 2.00 bits per heavy atom. The minimum atomic E-state index is -0.705. The van der Waals surface area contributed by atoms with E-state index in [1.54, 1.807) is 20.2 Å². The van der Waals surface area contributed by atoms with Crippen molar-refractivity contribution in [2.45, 2.75) is 0 Å². The summed E-state index contributed by atoms with van der Waals surface area (Å²) in [5.74, 6) is -0.927. The molecule has 0 saturated carbocycles. The first-order chi connectivity index (χ1) is 9.40. The van der Waals surface area contributed by atoms with Crippen LogP contribution in [0.15, 0.2) is 28.8 Å². The number of nitrogens with zero attached hydrogens (tertiary/aromatic N) is 2. The maximum Gasteiger partial charge on any atom is 0.270 e. The van der Waals surface area contributed by atoms with Gasteiger partial charge in [-0.15, -0.1) is 0 Å². The largest absolute Gasteiger partial charge is 0.507 e. The van der Waals surface area contributed by atoms with Crippen LogP contribution in [0.5, 0.6) is 5.75 Å². The summed E-state index contributed by atoms with van der Waals surface area (Å²) in [6.07, 6.45) is 0. The number of phenolic OH excluding ortho intramolecular Hbond substituents is 1. The van der Waals surface area contributed by atoms with Crippen molar-refractivity contribution < 1.29 is 19.2 Å². The van der Waals surface area contributed by atoms with Gasteiger partial charge in [0.1, 0.15) is 5.75 Å². The Hall–Kier alpha value is -2.83. The van der Waals surface area contributed by atoms with Crippen LogP contribution in [0.4, 0.5) is 0 Å². The van der Waals surface area contributed by atoms with Gasteiger partial charge >= 0.3 is 0 Å². The topological polar surface area (TPSA) is 110 Å². The molecule has 0 fully saturated rings. The highest BCUT2D eigenvalue weighted by atomic mass is 16.5. The summed E-state index contributed by atoms with van der Waals surface area (Å²) in [6, 6.07) is 5.79. The number of rotatable bonds is 3. The zero-order chi connectivity index (χ0) is 14.9. The van der Waals surface area contributed by atoms with Gasteiger partial charge < -0.3 is 20.3 Å². The second-order valence-corrected chi connectivity index (χ2v) is 4.37. The Morgan fingerprint density at radius 1 is 1.30 bits per heavy atom. The fourth-order valence-corrected chi connectivity index (χ4v) is 1.63. The van der Waals surface area contributed by atoms with Crippen molar-refractivity contribution in [3.05, 3.63) is 35.5 Å². The normalized spacial score (nSPS) is 10.3. The Labute approximate surface area is 114 Å². The molecule has 0 aliphatic heterocycles. The molecule has 3 N–H and O–H groups in total.